The molecule has 0 aromatic carbocycles. The minimum atomic E-state index is -0.309. The molecular formula is C6H13N3O. The van der Waals surface area contributed by atoms with Crippen molar-refractivity contribution in [1.82, 2.24) is 0 Å². The van der Waals surface area contributed by atoms with Gasteiger partial charge in [-0.2, -0.15) is 0 Å². The van der Waals surface area contributed by atoms with Gasteiger partial charge in [-0.1, -0.05) is 0 Å². The second-order valence-electron chi connectivity index (χ2n) is 2.06. The summed E-state index contributed by atoms with van der Waals surface area (Å²) in [5.41, 5.74) is 11.3. The van der Waals surface area contributed by atoms with Gasteiger partial charge >= 0.3 is 0 Å². The lowest BCUT2D eigenvalue weighted by molar-refractivity contribution is 0.265. The van der Waals surface area contributed by atoms with Gasteiger partial charge in [-0.15, -0.1) is 0 Å². The molecule has 0 aliphatic heterocycles. The molecule has 0 rings (SSSR count). The Morgan fingerprint density at radius 3 is 2.70 bits per heavy atom. The van der Waals surface area contributed by atoms with Crippen LogP contribution in [0.2, 0.25) is 0 Å². The summed E-state index contributed by atoms with van der Waals surface area (Å²) in [6.45, 7) is -0.0768. The summed E-state index contributed by atoms with van der Waals surface area (Å²) < 4.78 is 0. The first kappa shape index (κ1) is 9.13. The zero-order valence-electron chi connectivity index (χ0n) is 5.75. The summed E-state index contributed by atoms with van der Waals surface area (Å²) in [6, 6.07) is -0.309. The molecule has 6 N–H and O–H groups in total. The third kappa shape index (κ3) is 4.05. The molecule has 0 aliphatic rings. The predicted molar refractivity (Wildman–Crippen MR) is 40.7 cm³/mol. The van der Waals surface area contributed by atoms with Crippen LogP contribution in [0.15, 0.2) is 11.8 Å². The summed E-state index contributed by atoms with van der Waals surface area (Å²) in [5.74, 6) is 0. The Kier molecular flexibility index (Phi) is 4.53. The van der Waals surface area contributed by atoms with E-state index in [1.807, 2.05) is 0 Å². The van der Waals surface area contributed by atoms with Gasteiger partial charge < -0.3 is 22.0 Å². The molecule has 0 bridgehead atoms. The van der Waals surface area contributed by atoms with Gasteiger partial charge in [0, 0.05) is 24.4 Å². The molecule has 0 aromatic rings. The maximum Gasteiger partial charge on any atom is 0.0586 e. The van der Waals surface area contributed by atoms with Crippen molar-refractivity contribution in [3.63, 3.8) is 0 Å². The van der Waals surface area contributed by atoms with E-state index in [9.17, 15) is 0 Å². The molecular weight excluding hydrogens is 130 g/mol. The van der Waals surface area contributed by atoms with Crippen LogP contribution in [0.3, 0.4) is 0 Å². The van der Waals surface area contributed by atoms with Crippen LogP contribution >= 0.6 is 0 Å². The monoisotopic (exact) mass is 143 g/mol. The first-order chi connectivity index (χ1) is 4.70. The Morgan fingerprint density at radius 1 is 1.70 bits per heavy atom. The molecule has 4 heteroatoms. The maximum absolute atomic E-state index is 8.49. The van der Waals surface area contributed by atoms with Gasteiger partial charge in [0.05, 0.1) is 6.61 Å². The van der Waals surface area contributed by atoms with E-state index < -0.39 is 0 Å². The van der Waals surface area contributed by atoms with E-state index in [-0.39, 0.29) is 12.6 Å². The molecule has 0 radical (unpaired) electrons. The standard InChI is InChI=1S/C6H13N3O/c7-2-1-5(8)3-6(9)4-10/h1-2,6-7,10H,3-4,8-9H2/b5-1-,7-2?. The molecule has 1 atom stereocenters. The van der Waals surface area contributed by atoms with Gasteiger partial charge in [0.1, 0.15) is 0 Å². The first-order valence-electron chi connectivity index (χ1n) is 3.02. The van der Waals surface area contributed by atoms with Gasteiger partial charge in [0.15, 0.2) is 0 Å². The molecule has 1 unspecified atom stereocenters. The largest absolute Gasteiger partial charge is 0.402 e. The minimum Gasteiger partial charge on any atom is -0.402 e. The fourth-order valence-corrected chi connectivity index (χ4v) is 0.542. The molecule has 0 fully saturated rings. The van der Waals surface area contributed by atoms with Crippen LogP contribution in [0, 0.1) is 5.41 Å². The highest BCUT2D eigenvalue weighted by atomic mass is 16.3. The van der Waals surface area contributed by atoms with Crippen molar-refractivity contribution in [2.24, 2.45) is 11.5 Å². The van der Waals surface area contributed by atoms with E-state index in [0.717, 1.165) is 6.21 Å². The van der Waals surface area contributed by atoms with E-state index in [1.165, 1.54) is 6.08 Å². The van der Waals surface area contributed by atoms with Crippen molar-refractivity contribution >= 4 is 6.21 Å². The Hall–Kier alpha value is -0.870. The summed E-state index contributed by atoms with van der Waals surface area (Å²) in [7, 11) is 0. The first-order valence-corrected chi connectivity index (χ1v) is 3.02. The van der Waals surface area contributed by atoms with E-state index in [4.69, 9.17) is 22.0 Å². The van der Waals surface area contributed by atoms with Crippen LogP contribution < -0.4 is 11.5 Å². The molecule has 58 valence electrons. The van der Waals surface area contributed by atoms with Gasteiger partial charge in [-0.05, 0) is 6.08 Å². The molecule has 0 spiro atoms. The fourth-order valence-electron chi connectivity index (χ4n) is 0.542. The van der Waals surface area contributed by atoms with E-state index in [1.54, 1.807) is 0 Å². The van der Waals surface area contributed by atoms with Crippen LogP contribution in [-0.4, -0.2) is 24.0 Å². The van der Waals surface area contributed by atoms with Crippen molar-refractivity contribution < 1.29 is 5.11 Å². The lowest BCUT2D eigenvalue weighted by Gasteiger charge is -2.06. The number of nitrogens with two attached hydrogens (primary N) is 2. The Bertz CT molecular complexity index is 133. The average molecular weight is 143 g/mol. The number of allylic oxidation sites excluding steroid dienone is 1. The summed E-state index contributed by atoms with van der Waals surface area (Å²) in [4.78, 5) is 0. The zero-order valence-corrected chi connectivity index (χ0v) is 5.75. The van der Waals surface area contributed by atoms with Gasteiger partial charge in [0.2, 0.25) is 0 Å². The molecule has 10 heavy (non-hydrogen) atoms. The number of nitrogens with one attached hydrogen (secondary N) is 1. The minimum absolute atomic E-state index is 0.0768. The van der Waals surface area contributed by atoms with Crippen molar-refractivity contribution in [3.05, 3.63) is 11.8 Å². The van der Waals surface area contributed by atoms with Gasteiger partial charge in [0.25, 0.3) is 0 Å². The Morgan fingerprint density at radius 2 is 2.30 bits per heavy atom. The number of aliphatic hydroxyl groups excluding tert-OH is 1. The van der Waals surface area contributed by atoms with Gasteiger partial charge in [-0.25, -0.2) is 0 Å². The SMILES string of the molecule is N=C/C=C(\N)CC(N)CO. The van der Waals surface area contributed by atoms with E-state index in [0.29, 0.717) is 12.1 Å². The topological polar surface area (TPSA) is 96.1 Å². The van der Waals surface area contributed by atoms with Crippen molar-refractivity contribution in [1.29, 1.82) is 5.41 Å². The highest BCUT2D eigenvalue weighted by Crippen LogP contribution is 1.94. The number of hydrogen-bond donors (Lipinski definition) is 4. The number of aliphatic hydroxyl groups is 1. The molecule has 0 amide bonds. The smallest absolute Gasteiger partial charge is 0.0586 e. The molecule has 0 heterocycles. The molecule has 0 aromatic heterocycles. The maximum atomic E-state index is 8.49. The second-order valence-corrected chi connectivity index (χ2v) is 2.06. The summed E-state index contributed by atoms with van der Waals surface area (Å²) in [5, 5.41) is 15.1. The predicted octanol–water partition coefficient (Wildman–Crippen LogP) is -0.812. The fraction of sp³-hybridized carbons (Fsp3) is 0.500. The lowest BCUT2D eigenvalue weighted by Crippen LogP contribution is -2.26. The van der Waals surface area contributed by atoms with E-state index in [2.05, 4.69) is 0 Å². The quantitative estimate of drug-likeness (QED) is 0.387. The van der Waals surface area contributed by atoms with Crippen LogP contribution in [-0.2, 0) is 0 Å². The molecule has 0 aliphatic carbocycles. The van der Waals surface area contributed by atoms with Crippen molar-refractivity contribution in [3.8, 4) is 0 Å². The average Bonchev–Trinajstić information content (AvgIpc) is 1.88. The second kappa shape index (κ2) is 4.96. The number of rotatable bonds is 4. The molecule has 0 saturated carbocycles. The highest BCUT2D eigenvalue weighted by Gasteiger charge is 1.99. The summed E-state index contributed by atoms with van der Waals surface area (Å²) >= 11 is 0. The van der Waals surface area contributed by atoms with Crippen LogP contribution in [0.25, 0.3) is 0 Å². The lowest BCUT2D eigenvalue weighted by atomic mass is 10.2. The van der Waals surface area contributed by atoms with Crippen molar-refractivity contribution in [2.75, 3.05) is 6.61 Å². The Balaban J connectivity index is 3.66. The summed E-state index contributed by atoms with van der Waals surface area (Å²) in [6.07, 6.45) is 2.99. The number of hydrogen-bond acceptors (Lipinski definition) is 4. The third-order valence-corrected chi connectivity index (χ3v) is 1.03. The van der Waals surface area contributed by atoms with Crippen LogP contribution in [0.1, 0.15) is 6.42 Å². The van der Waals surface area contributed by atoms with E-state index >= 15 is 0 Å². The zero-order chi connectivity index (χ0) is 7.98. The molecule has 0 saturated heterocycles. The third-order valence-electron chi connectivity index (χ3n) is 1.03. The van der Waals surface area contributed by atoms with Crippen molar-refractivity contribution in [2.45, 2.75) is 12.5 Å². The Labute approximate surface area is 60.0 Å². The molecule has 4 nitrogen and oxygen atoms in total. The highest BCUT2D eigenvalue weighted by molar-refractivity contribution is 5.68. The van der Waals surface area contributed by atoms with Crippen LogP contribution in [0.4, 0.5) is 0 Å². The van der Waals surface area contributed by atoms with Crippen LogP contribution in [0.5, 0.6) is 0 Å². The van der Waals surface area contributed by atoms with Gasteiger partial charge in [-0.3, -0.25) is 0 Å². The normalized spacial score (nSPS) is 14.8.